The van der Waals surface area contributed by atoms with Crippen LogP contribution in [0.15, 0.2) is 0 Å². The lowest BCUT2D eigenvalue weighted by molar-refractivity contribution is -0.404. The molecule has 0 spiro atoms. The minimum absolute atomic E-state index is 0.0157. The van der Waals surface area contributed by atoms with E-state index < -0.39 is 209 Å². The maximum Gasteiger partial charge on any atom is 0.187 e. The minimum atomic E-state index is -2.06. The largest absolute Gasteiger partial charge is 0.394 e. The van der Waals surface area contributed by atoms with E-state index >= 15 is 4.79 Å². The van der Waals surface area contributed by atoms with Crippen molar-refractivity contribution >= 4 is 5.78 Å². The van der Waals surface area contributed by atoms with Crippen LogP contribution in [0.1, 0.15) is 79.1 Å². The summed E-state index contributed by atoms with van der Waals surface area (Å²) in [6.45, 7) is 4.49. The van der Waals surface area contributed by atoms with Gasteiger partial charge < -0.3 is 144 Å². The lowest BCUT2D eigenvalue weighted by atomic mass is 9.43. The second kappa shape index (κ2) is 27.1. The number of Topliss-reactive ketones (excluding diaryl/α,β-unsaturated/α-hetero) is 1. The first-order chi connectivity index (χ1) is 41.2. The van der Waals surface area contributed by atoms with Crippen molar-refractivity contribution in [1.29, 1.82) is 0 Å². The maximum atomic E-state index is 15.0. The summed E-state index contributed by atoms with van der Waals surface area (Å²) >= 11 is 0. The highest BCUT2D eigenvalue weighted by molar-refractivity contribution is 5.87. The zero-order valence-electron chi connectivity index (χ0n) is 49.4. The molecule has 37 unspecified atom stereocenters. The molecule has 30 heteroatoms. The highest BCUT2D eigenvalue weighted by Gasteiger charge is 2.72. The maximum absolute atomic E-state index is 15.0. The van der Waals surface area contributed by atoms with Crippen molar-refractivity contribution in [3.63, 3.8) is 0 Å². The number of ether oxygens (including phenoxy) is 12. The van der Waals surface area contributed by atoms with E-state index in [2.05, 4.69) is 20.8 Å². The lowest BCUT2D eigenvalue weighted by Gasteiger charge is -2.61. The van der Waals surface area contributed by atoms with Crippen LogP contribution < -0.4 is 0 Å². The molecule has 10 fully saturated rings. The summed E-state index contributed by atoms with van der Waals surface area (Å²) in [6, 6.07) is 0. The van der Waals surface area contributed by atoms with Crippen molar-refractivity contribution in [3.8, 4) is 0 Å². The number of carbonyl (C=O) groups excluding carboxylic acids is 1. The van der Waals surface area contributed by atoms with Crippen molar-refractivity contribution in [2.75, 3.05) is 46.8 Å². The predicted octanol–water partition coefficient (Wildman–Crippen LogP) is -6.69. The summed E-state index contributed by atoms with van der Waals surface area (Å²) in [4.78, 5) is 15.0. The summed E-state index contributed by atoms with van der Waals surface area (Å²) in [5.41, 5.74) is -1.25. The molecule has 0 aromatic heterocycles. The van der Waals surface area contributed by atoms with Gasteiger partial charge in [-0.15, -0.1) is 0 Å². The van der Waals surface area contributed by atoms with E-state index in [0.29, 0.717) is 19.3 Å². The van der Waals surface area contributed by atoms with Crippen molar-refractivity contribution in [1.82, 2.24) is 0 Å². The van der Waals surface area contributed by atoms with Gasteiger partial charge in [-0.25, -0.2) is 0 Å². The highest BCUT2D eigenvalue weighted by Crippen LogP contribution is 2.70. The second-order valence-electron chi connectivity index (χ2n) is 26.8. The molecule has 17 N–H and O–H groups in total. The summed E-state index contributed by atoms with van der Waals surface area (Å²) in [6.07, 6.45) is -40.2. The molecule has 6 saturated heterocycles. The molecule has 4 aliphatic carbocycles. The quantitative estimate of drug-likeness (QED) is 0.0535. The Labute approximate surface area is 502 Å². The van der Waals surface area contributed by atoms with Crippen LogP contribution in [0.25, 0.3) is 0 Å². The summed E-state index contributed by atoms with van der Waals surface area (Å²) in [5.74, 6) is -1.36. The van der Waals surface area contributed by atoms with Crippen LogP contribution in [0.2, 0.25) is 0 Å². The van der Waals surface area contributed by atoms with Crippen LogP contribution >= 0.6 is 0 Å². The predicted molar refractivity (Wildman–Crippen MR) is 285 cm³/mol. The van der Waals surface area contributed by atoms with E-state index in [4.69, 9.17) is 56.8 Å². The van der Waals surface area contributed by atoms with Crippen LogP contribution in [-0.4, -0.2) is 311 Å². The fourth-order valence-electron chi connectivity index (χ4n) is 16.9. The number of rotatable bonds is 19. The molecule has 6 aliphatic heterocycles. The Hall–Kier alpha value is -1.49. The standard InChI is InChI=1S/C57H94O30/c1-20(18-77-50-44(73)40(69)37(66)30(14-58)80-50)8-9-57(76-5)21(2)35-29(87-57)11-25-23-7-6-22-10-28(26(62)13-55(22,3)24(23)12-34(64)56(25,35)4)79-52-46(75)42(71)47(33(17-61)83-52)84-54-49(86-53-45(74)41(70)38(67)31(15-59)81-53)48(39(68)32(16-60)82-54)85-51-43(72)36(65)27(63)19-78-51/h20-33,35-54,58-63,65-75H,6-19H2,1-5H3. The van der Waals surface area contributed by atoms with Crippen LogP contribution in [0.3, 0.4) is 0 Å². The Morgan fingerprint density at radius 1 is 0.575 bits per heavy atom. The molecule has 10 rings (SSSR count). The third-order valence-corrected chi connectivity index (χ3v) is 22.0. The summed E-state index contributed by atoms with van der Waals surface area (Å²) in [7, 11) is 1.61. The van der Waals surface area contributed by atoms with Gasteiger partial charge >= 0.3 is 0 Å². The molecule has 0 aromatic rings. The van der Waals surface area contributed by atoms with Crippen LogP contribution in [0, 0.1) is 52.3 Å². The minimum Gasteiger partial charge on any atom is -0.394 e. The Bertz CT molecular complexity index is 2270. The molecule has 37 atom stereocenters. The Morgan fingerprint density at radius 2 is 1.13 bits per heavy atom. The average molecular weight is 1260 g/mol. The molecule has 6 heterocycles. The molecule has 10 aliphatic rings. The zero-order valence-corrected chi connectivity index (χ0v) is 49.4. The Balaban J connectivity index is 0.786. The number of fused-ring (bicyclic) bond motifs is 7. The number of hydrogen-bond acceptors (Lipinski definition) is 30. The number of methoxy groups -OCH3 is 1. The van der Waals surface area contributed by atoms with Gasteiger partial charge in [-0.2, -0.15) is 0 Å². The molecule has 0 amide bonds. The van der Waals surface area contributed by atoms with Crippen LogP contribution in [0.5, 0.6) is 0 Å². The number of ketones is 1. The fraction of sp³-hybridized carbons (Fsp3) is 0.982. The highest BCUT2D eigenvalue weighted by atomic mass is 16.8. The number of hydrogen-bond donors (Lipinski definition) is 17. The normalized spacial score (nSPS) is 54.8. The Kier molecular flexibility index (Phi) is 21.3. The third kappa shape index (κ3) is 12.3. The molecule has 87 heavy (non-hydrogen) atoms. The molecule has 4 saturated carbocycles. The monoisotopic (exact) mass is 1260 g/mol. The van der Waals surface area contributed by atoms with E-state index in [-0.39, 0.29) is 79.2 Å². The van der Waals surface area contributed by atoms with Gasteiger partial charge in [0.05, 0.1) is 58.0 Å². The molecule has 0 bridgehead atoms. The number of aliphatic hydroxyl groups excluding tert-OH is 17. The fourth-order valence-corrected chi connectivity index (χ4v) is 16.9. The second-order valence-corrected chi connectivity index (χ2v) is 26.8. The average Bonchev–Trinajstić information content (AvgIpc) is 1.58. The van der Waals surface area contributed by atoms with E-state index in [9.17, 15) is 86.8 Å². The topological polar surface area (TPSA) is 472 Å². The molecule has 0 aromatic carbocycles. The van der Waals surface area contributed by atoms with Crippen molar-refractivity contribution in [2.24, 2.45) is 52.3 Å². The van der Waals surface area contributed by atoms with Crippen molar-refractivity contribution < 1.29 is 148 Å². The molecule has 0 radical (unpaired) electrons. The zero-order chi connectivity index (χ0) is 63.1. The van der Waals surface area contributed by atoms with E-state index in [1.54, 1.807) is 7.11 Å². The first-order valence-electron chi connectivity index (χ1n) is 30.7. The first kappa shape index (κ1) is 68.4. The molecule has 30 nitrogen and oxygen atoms in total. The van der Waals surface area contributed by atoms with Gasteiger partial charge in [0.25, 0.3) is 0 Å². The molecule has 502 valence electrons. The van der Waals surface area contributed by atoms with Gasteiger partial charge in [-0.05, 0) is 73.5 Å². The van der Waals surface area contributed by atoms with Crippen molar-refractivity contribution in [3.05, 3.63) is 0 Å². The van der Waals surface area contributed by atoms with Gasteiger partial charge in [-0.3, -0.25) is 4.79 Å². The van der Waals surface area contributed by atoms with Gasteiger partial charge in [0.1, 0.15) is 122 Å². The van der Waals surface area contributed by atoms with Crippen molar-refractivity contribution in [2.45, 2.75) is 251 Å². The van der Waals surface area contributed by atoms with E-state index in [1.165, 1.54) is 0 Å². The smallest absolute Gasteiger partial charge is 0.187 e. The first-order valence-corrected chi connectivity index (χ1v) is 30.7. The number of aliphatic hydroxyl groups is 17. The number of carbonyl (C=O) groups is 1. The van der Waals surface area contributed by atoms with Crippen LogP contribution in [-0.2, 0) is 61.6 Å². The summed E-state index contributed by atoms with van der Waals surface area (Å²) < 4.78 is 72.1. The van der Waals surface area contributed by atoms with E-state index in [1.807, 2.05) is 6.92 Å². The van der Waals surface area contributed by atoms with Gasteiger partial charge in [0.15, 0.2) is 37.2 Å². The third-order valence-electron chi connectivity index (χ3n) is 22.0. The van der Waals surface area contributed by atoms with Gasteiger partial charge in [0.2, 0.25) is 0 Å². The van der Waals surface area contributed by atoms with Crippen LogP contribution in [0.4, 0.5) is 0 Å². The SMILES string of the molecule is COC1(CCC(C)COC2OC(CO)C(O)C(O)C2O)OC2CC3C4CCC5CC(OC6OC(CO)C(OC7OC(CO)C(O)C(OC8OCC(O)C(O)C8O)C7OC7OC(CO)C(O)C(O)C7O)C(O)C6O)C(O)CC5(C)C4CC(=O)C3(C)C2C1C. The van der Waals surface area contributed by atoms with E-state index in [0.717, 1.165) is 12.8 Å². The van der Waals surface area contributed by atoms with Gasteiger partial charge in [0, 0.05) is 37.2 Å². The van der Waals surface area contributed by atoms with Gasteiger partial charge in [-0.1, -0.05) is 27.7 Å². The lowest BCUT2D eigenvalue weighted by Crippen LogP contribution is -2.68. The molecular weight excluding hydrogens is 1160 g/mol. The Morgan fingerprint density at radius 3 is 1.77 bits per heavy atom. The molecular formula is C57H94O30. The summed E-state index contributed by atoms with van der Waals surface area (Å²) in [5, 5.41) is 182.